The zero-order valence-corrected chi connectivity index (χ0v) is 42.4. The van der Waals surface area contributed by atoms with E-state index in [9.17, 15) is 0 Å². The molecule has 8 heteroatoms. The summed E-state index contributed by atoms with van der Waals surface area (Å²) in [5.41, 5.74) is 14.8. The predicted octanol–water partition coefficient (Wildman–Crippen LogP) is -1.49. The van der Waals surface area contributed by atoms with Gasteiger partial charge in [0.05, 0.1) is 24.2 Å². The van der Waals surface area contributed by atoms with Crippen molar-refractivity contribution in [1.82, 2.24) is 0 Å². The van der Waals surface area contributed by atoms with Gasteiger partial charge in [-0.25, -0.2) is 0 Å². The molecule has 0 aliphatic heterocycles. The number of benzene rings is 3. The van der Waals surface area contributed by atoms with Crippen molar-refractivity contribution >= 4 is 68.6 Å². The van der Waals surface area contributed by atoms with Crippen LogP contribution in [0.1, 0.15) is 55.6 Å². The molecule has 0 unspecified atom stereocenters. The van der Waals surface area contributed by atoms with Crippen LogP contribution in [0.15, 0.2) is 36.4 Å². The van der Waals surface area contributed by atoms with Crippen LogP contribution in [0.2, 0.25) is 58.9 Å². The van der Waals surface area contributed by atoms with Crippen molar-refractivity contribution in [3.63, 3.8) is 0 Å². The van der Waals surface area contributed by atoms with Crippen LogP contribution in [0.5, 0.6) is 0 Å². The van der Waals surface area contributed by atoms with Crippen LogP contribution in [0, 0.1) is 69.2 Å². The second-order valence-corrected chi connectivity index (χ2v) is 36.6. The fraction of sp³-hybridized carbons (Fsp3) is 0.452. The van der Waals surface area contributed by atoms with Gasteiger partial charge in [0.25, 0.3) is 0 Å². The maximum Gasteiger partial charge on any atom is 4.00 e. The Kier molecular flexibility index (Phi) is 16.7. The molecule has 0 N–H and O–H groups in total. The second kappa shape index (κ2) is 16.9. The van der Waals surface area contributed by atoms with E-state index >= 15 is 0 Å². The van der Waals surface area contributed by atoms with Crippen LogP contribution in [-0.4, -0.2) is 32.3 Å². The molecule has 0 bridgehead atoms. The van der Waals surface area contributed by atoms with Crippen LogP contribution in [-0.2, 0) is 21.7 Å². The molecule has 0 nitrogen and oxygen atoms in total. The van der Waals surface area contributed by atoms with E-state index < -0.39 is 32.3 Å². The maximum atomic E-state index is 2.75. The van der Waals surface area contributed by atoms with E-state index in [4.69, 9.17) is 0 Å². The SMILES string of the molecule is Cc1cc(C)c([Si](c2cc([Si](C)(C)C)c(C)cc2C)(c2cc([Si](C)(C)C)c(C)cc2C)[c-]2c(C)c(C)c(C)c2C)cc1[Si](C)(C)C.[Cl-].[Cl-].[Cl-].[Ti+4]. The summed E-state index contributed by atoms with van der Waals surface area (Å²) in [6.45, 7) is 46.8. The molecule has 0 fully saturated rings. The van der Waals surface area contributed by atoms with Crippen molar-refractivity contribution in [2.45, 2.75) is 128 Å². The molecule has 0 heterocycles. The molecule has 4 aromatic rings. The zero-order chi connectivity index (χ0) is 35.1. The van der Waals surface area contributed by atoms with E-state index in [1.807, 2.05) is 0 Å². The zero-order valence-electron chi connectivity index (χ0n) is 34.6. The summed E-state index contributed by atoms with van der Waals surface area (Å²) >= 11 is 0. The quantitative estimate of drug-likeness (QED) is 0.121. The standard InChI is InChI=1S/C42H63Si4.3ClH.Ti/c1-26-20-29(4)39(23-36(26)43(11,12)13)46(42-34(9)32(7)33(8)35(42)10,40-24-37(44(14,15)16)27(2)21-30(40)5)41-25-38(45(17,18)19)28(3)22-31(41)6;;;;/h20-25H,1-19H3;3*1H;/q-1;;;;+4/p-3. The van der Waals surface area contributed by atoms with Gasteiger partial charge in [-0.15, -0.1) is 5.19 Å². The van der Waals surface area contributed by atoms with Crippen molar-refractivity contribution in [2.24, 2.45) is 0 Å². The van der Waals surface area contributed by atoms with Crippen LogP contribution in [0.4, 0.5) is 0 Å². The van der Waals surface area contributed by atoms with E-state index in [0.29, 0.717) is 0 Å². The average Bonchev–Trinajstić information content (AvgIpc) is 3.07. The third-order valence-corrected chi connectivity index (χ3v) is 23.2. The van der Waals surface area contributed by atoms with Gasteiger partial charge in [-0.2, -0.15) is 22.3 Å². The van der Waals surface area contributed by atoms with Gasteiger partial charge in [0.2, 0.25) is 0 Å². The molecule has 0 amide bonds. The smallest absolute Gasteiger partial charge is 1.00 e. The molecule has 4 rings (SSSR count). The van der Waals surface area contributed by atoms with Gasteiger partial charge >= 0.3 is 21.7 Å². The Morgan fingerprint density at radius 2 is 0.540 bits per heavy atom. The Morgan fingerprint density at radius 1 is 0.340 bits per heavy atom. The van der Waals surface area contributed by atoms with Crippen LogP contribution in [0.25, 0.3) is 0 Å². The molecular formula is C42H63Cl3Si4Ti. The molecule has 0 saturated carbocycles. The summed E-state index contributed by atoms with van der Waals surface area (Å²) in [6.07, 6.45) is 0. The number of hydrogen-bond acceptors (Lipinski definition) is 0. The molecule has 0 spiro atoms. The van der Waals surface area contributed by atoms with Crippen LogP contribution >= 0.6 is 0 Å². The first-order valence-corrected chi connectivity index (χ1v) is 30.0. The van der Waals surface area contributed by atoms with E-state index in [1.165, 1.54) is 55.6 Å². The van der Waals surface area contributed by atoms with E-state index in [-0.39, 0.29) is 58.9 Å². The van der Waals surface area contributed by atoms with Crippen molar-refractivity contribution in [2.75, 3.05) is 0 Å². The van der Waals surface area contributed by atoms with Gasteiger partial charge in [-0.3, -0.25) is 0 Å². The second-order valence-electron chi connectivity index (χ2n) is 17.8. The molecule has 0 aliphatic carbocycles. The van der Waals surface area contributed by atoms with E-state index in [1.54, 1.807) is 36.3 Å². The Hall–Kier alpha value is -0.538. The van der Waals surface area contributed by atoms with Gasteiger partial charge in [-0.1, -0.05) is 188 Å². The Labute approximate surface area is 345 Å². The molecule has 0 atom stereocenters. The molecule has 272 valence electrons. The van der Waals surface area contributed by atoms with Gasteiger partial charge in [0.15, 0.2) is 0 Å². The van der Waals surface area contributed by atoms with Gasteiger partial charge in [0.1, 0.15) is 8.07 Å². The summed E-state index contributed by atoms with van der Waals surface area (Å²) < 4.78 is 0. The summed E-state index contributed by atoms with van der Waals surface area (Å²) in [4.78, 5) is 0. The Balaban J connectivity index is 0.00000600. The minimum absolute atomic E-state index is 0. The molecule has 4 aromatic carbocycles. The first-order valence-electron chi connectivity index (χ1n) is 17.5. The van der Waals surface area contributed by atoms with Crippen molar-refractivity contribution in [1.29, 1.82) is 0 Å². The number of aryl methyl sites for hydroxylation is 6. The minimum Gasteiger partial charge on any atom is -1.00 e. The first kappa shape index (κ1) is 49.5. The summed E-state index contributed by atoms with van der Waals surface area (Å²) in [7, 11) is -7.78. The molecular weight excluding hydrogens is 771 g/mol. The Bertz CT molecular complexity index is 1660. The fourth-order valence-electron chi connectivity index (χ4n) is 8.81. The third-order valence-electron chi connectivity index (χ3n) is 11.2. The largest absolute Gasteiger partial charge is 4.00 e. The number of hydrogen-bond donors (Lipinski definition) is 0. The van der Waals surface area contributed by atoms with Crippen LogP contribution in [0.3, 0.4) is 0 Å². The fourth-order valence-corrected chi connectivity index (χ4v) is 21.0. The van der Waals surface area contributed by atoms with E-state index in [0.717, 1.165) is 0 Å². The monoisotopic (exact) mass is 832 g/mol. The molecule has 0 radical (unpaired) electrons. The first-order chi connectivity index (χ1) is 20.9. The minimum atomic E-state index is -2.87. The molecule has 0 saturated heterocycles. The molecule has 0 aliphatic rings. The van der Waals surface area contributed by atoms with Gasteiger partial charge in [-0.05, 0) is 41.5 Å². The van der Waals surface area contributed by atoms with Crippen molar-refractivity contribution < 1.29 is 58.9 Å². The summed E-state index contributed by atoms with van der Waals surface area (Å²) in [6, 6.07) is 15.9. The van der Waals surface area contributed by atoms with E-state index in [2.05, 4.69) is 165 Å². The molecule has 0 aromatic heterocycles. The normalized spacial score (nSPS) is 12.1. The van der Waals surface area contributed by atoms with Gasteiger partial charge in [0, 0.05) is 0 Å². The third kappa shape index (κ3) is 8.55. The van der Waals surface area contributed by atoms with Crippen molar-refractivity contribution in [3.05, 3.63) is 92.0 Å². The number of rotatable bonds is 7. The summed E-state index contributed by atoms with van der Waals surface area (Å²) in [5, 5.41) is 11.4. The topological polar surface area (TPSA) is 0 Å². The molecule has 50 heavy (non-hydrogen) atoms. The van der Waals surface area contributed by atoms with Crippen LogP contribution < -0.4 is 73.5 Å². The van der Waals surface area contributed by atoms with Gasteiger partial charge < -0.3 is 37.2 Å². The number of halogens is 3. The Morgan fingerprint density at radius 3 is 0.740 bits per heavy atom. The summed E-state index contributed by atoms with van der Waals surface area (Å²) in [5.74, 6) is 0. The maximum absolute atomic E-state index is 2.87. The van der Waals surface area contributed by atoms with Crippen molar-refractivity contribution in [3.8, 4) is 0 Å². The average molecular weight is 835 g/mol. The predicted molar refractivity (Wildman–Crippen MR) is 222 cm³/mol.